The van der Waals surface area contributed by atoms with Crippen LogP contribution in [0, 0.1) is 12.3 Å². The number of terminal acetylenes is 1. The summed E-state index contributed by atoms with van der Waals surface area (Å²) in [5, 5.41) is 15.1. The quantitative estimate of drug-likeness (QED) is 0.637. The van der Waals surface area contributed by atoms with Crippen LogP contribution in [0.4, 0.5) is 0 Å². The second-order valence-electron chi connectivity index (χ2n) is 5.52. The summed E-state index contributed by atoms with van der Waals surface area (Å²) in [5.41, 5.74) is 1.75. The number of carboxylic acid groups (broad SMARTS) is 1. The smallest absolute Gasteiger partial charge is 0.358 e. The van der Waals surface area contributed by atoms with Gasteiger partial charge in [-0.05, 0) is 18.6 Å². The summed E-state index contributed by atoms with van der Waals surface area (Å²) in [6.45, 7) is 4.25. The minimum Gasteiger partial charge on any atom is -0.483 e. The molecule has 1 aromatic carbocycles. The largest absolute Gasteiger partial charge is 0.483 e. The van der Waals surface area contributed by atoms with Crippen molar-refractivity contribution in [3.05, 3.63) is 65.2 Å². The first-order valence-corrected chi connectivity index (χ1v) is 8.52. The van der Waals surface area contributed by atoms with Gasteiger partial charge in [-0.2, -0.15) is 5.10 Å². The molecule has 0 fully saturated rings. The van der Waals surface area contributed by atoms with Gasteiger partial charge in [0.15, 0.2) is 17.2 Å². The fraction of sp³-hybridized carbons (Fsp3) is 0.238. The molecule has 0 saturated carbocycles. The fourth-order valence-corrected chi connectivity index (χ4v) is 2.43. The van der Waals surface area contributed by atoms with E-state index < -0.39 is 5.97 Å². The van der Waals surface area contributed by atoms with E-state index in [-0.39, 0.29) is 18.1 Å². The average molecular weight is 366 g/mol. The topological polar surface area (TPSA) is 75.3 Å². The van der Waals surface area contributed by atoms with Crippen LogP contribution in [0.3, 0.4) is 0 Å². The minimum absolute atomic E-state index is 0.0264. The van der Waals surface area contributed by atoms with Gasteiger partial charge in [-0.15, -0.1) is 12.3 Å². The Labute approximate surface area is 158 Å². The Kier molecular flexibility index (Phi) is 7.26. The number of hydrogen-bond acceptors (Lipinski definition) is 5. The highest BCUT2D eigenvalue weighted by Crippen LogP contribution is 2.34. The van der Waals surface area contributed by atoms with E-state index in [4.69, 9.17) is 15.6 Å². The molecule has 0 unspecified atom stereocenters. The maximum absolute atomic E-state index is 11.7. The van der Waals surface area contributed by atoms with Crippen molar-refractivity contribution in [3.63, 3.8) is 0 Å². The molecule has 2 heterocycles. The summed E-state index contributed by atoms with van der Waals surface area (Å²) in [6, 6.07) is 11.3. The number of ether oxygens (including phenoxy) is 1. The first kappa shape index (κ1) is 19.9. The van der Waals surface area contributed by atoms with Crippen molar-refractivity contribution in [3.8, 4) is 12.3 Å². The number of nitrogens with zero attached hydrogens (tertiary/aromatic N) is 2. The molecule has 6 heteroatoms. The molecule has 0 radical (unpaired) electrons. The third-order valence-corrected chi connectivity index (χ3v) is 3.63. The SMILES string of the molecule is C#CCC.C/C=N\N1Cc2ccoc2C(OCc2ccccc2)=C1C(=O)O. The van der Waals surface area contributed by atoms with Gasteiger partial charge in [-0.3, -0.25) is 5.01 Å². The van der Waals surface area contributed by atoms with E-state index in [2.05, 4.69) is 11.0 Å². The molecule has 0 atom stereocenters. The molecular formula is C21H22N2O4. The summed E-state index contributed by atoms with van der Waals surface area (Å²) < 4.78 is 11.2. The van der Waals surface area contributed by atoms with E-state index in [1.165, 1.54) is 11.3 Å². The highest BCUT2D eigenvalue weighted by atomic mass is 16.5. The Bertz CT molecular complexity index is 860. The van der Waals surface area contributed by atoms with Crippen molar-refractivity contribution in [1.82, 2.24) is 5.01 Å². The molecule has 0 spiro atoms. The zero-order valence-electron chi connectivity index (χ0n) is 15.4. The van der Waals surface area contributed by atoms with Crippen LogP contribution in [-0.4, -0.2) is 22.3 Å². The van der Waals surface area contributed by atoms with Crippen LogP contribution in [0.15, 0.2) is 57.9 Å². The number of hydrazone groups is 1. The first-order chi connectivity index (χ1) is 13.1. The van der Waals surface area contributed by atoms with Gasteiger partial charge in [0.1, 0.15) is 6.61 Å². The lowest BCUT2D eigenvalue weighted by Gasteiger charge is -2.26. The summed E-state index contributed by atoms with van der Waals surface area (Å²) in [4.78, 5) is 11.7. The Morgan fingerprint density at radius 3 is 2.70 bits per heavy atom. The van der Waals surface area contributed by atoms with Crippen LogP contribution < -0.4 is 0 Å². The number of benzene rings is 1. The number of fused-ring (bicyclic) bond motifs is 1. The van der Waals surface area contributed by atoms with Gasteiger partial charge < -0.3 is 14.3 Å². The van der Waals surface area contributed by atoms with E-state index in [0.717, 1.165) is 17.5 Å². The van der Waals surface area contributed by atoms with Gasteiger partial charge in [-0.1, -0.05) is 37.3 Å². The molecule has 0 aliphatic carbocycles. The van der Waals surface area contributed by atoms with Gasteiger partial charge in [0.2, 0.25) is 0 Å². The lowest BCUT2D eigenvalue weighted by atomic mass is 10.1. The van der Waals surface area contributed by atoms with Crippen molar-refractivity contribution in [2.45, 2.75) is 33.4 Å². The lowest BCUT2D eigenvalue weighted by molar-refractivity contribution is -0.134. The molecular weight excluding hydrogens is 344 g/mol. The highest BCUT2D eigenvalue weighted by Gasteiger charge is 2.33. The Morgan fingerprint density at radius 2 is 2.11 bits per heavy atom. The van der Waals surface area contributed by atoms with Crippen molar-refractivity contribution in [2.24, 2.45) is 5.10 Å². The molecule has 1 N–H and O–H groups in total. The second kappa shape index (κ2) is 9.88. The number of furan rings is 1. The van der Waals surface area contributed by atoms with E-state index in [1.54, 1.807) is 19.2 Å². The van der Waals surface area contributed by atoms with Crippen LogP contribution in [0.2, 0.25) is 0 Å². The van der Waals surface area contributed by atoms with Crippen molar-refractivity contribution in [2.75, 3.05) is 0 Å². The van der Waals surface area contributed by atoms with Crippen molar-refractivity contribution in [1.29, 1.82) is 0 Å². The Balaban J connectivity index is 0.000000596. The third kappa shape index (κ3) is 5.02. The molecule has 1 aliphatic rings. The van der Waals surface area contributed by atoms with Gasteiger partial charge in [0, 0.05) is 18.2 Å². The van der Waals surface area contributed by atoms with Crippen LogP contribution in [0.25, 0.3) is 5.76 Å². The average Bonchev–Trinajstić information content (AvgIpc) is 3.15. The Hall–Kier alpha value is -3.46. The summed E-state index contributed by atoms with van der Waals surface area (Å²) in [6.07, 6.45) is 8.69. The van der Waals surface area contributed by atoms with Crippen LogP contribution >= 0.6 is 0 Å². The van der Waals surface area contributed by atoms with Crippen LogP contribution in [0.1, 0.15) is 37.2 Å². The Morgan fingerprint density at radius 1 is 1.41 bits per heavy atom. The maximum atomic E-state index is 11.7. The maximum Gasteiger partial charge on any atom is 0.358 e. The molecule has 0 amide bonds. The van der Waals surface area contributed by atoms with Gasteiger partial charge in [0.25, 0.3) is 0 Å². The summed E-state index contributed by atoms with van der Waals surface area (Å²) in [5.74, 6) is 1.96. The predicted octanol–water partition coefficient (Wildman–Crippen LogP) is 4.10. The number of hydrogen-bond donors (Lipinski definition) is 1. The van der Waals surface area contributed by atoms with E-state index in [1.807, 2.05) is 37.3 Å². The van der Waals surface area contributed by atoms with Gasteiger partial charge in [-0.25, -0.2) is 4.79 Å². The number of carbonyl (C=O) groups is 1. The molecule has 6 nitrogen and oxygen atoms in total. The van der Waals surface area contributed by atoms with E-state index in [9.17, 15) is 9.90 Å². The standard InChI is InChI=1S/C17H16N2O4.C4H6/c1-2-18-19-10-13-8-9-22-15(13)16(14(19)17(20)21)23-11-12-6-4-3-5-7-12;1-3-4-2/h2-9H,10-11H2,1H3,(H,20,21);1H,4H2,2H3/b18-2-;. The molecule has 140 valence electrons. The van der Waals surface area contributed by atoms with Crippen molar-refractivity contribution >= 4 is 17.9 Å². The van der Waals surface area contributed by atoms with Crippen molar-refractivity contribution < 1.29 is 19.1 Å². The zero-order chi connectivity index (χ0) is 19.6. The molecule has 2 aromatic rings. The molecule has 27 heavy (non-hydrogen) atoms. The van der Waals surface area contributed by atoms with Gasteiger partial charge in [0.05, 0.1) is 12.8 Å². The molecule has 3 rings (SSSR count). The molecule has 1 aromatic heterocycles. The third-order valence-electron chi connectivity index (χ3n) is 3.63. The van der Waals surface area contributed by atoms with Crippen LogP contribution in [-0.2, 0) is 22.7 Å². The predicted molar refractivity (Wildman–Crippen MR) is 103 cm³/mol. The first-order valence-electron chi connectivity index (χ1n) is 8.52. The molecule has 0 saturated heterocycles. The monoisotopic (exact) mass is 366 g/mol. The number of aliphatic carboxylic acids is 1. The normalized spacial score (nSPS) is 12.9. The minimum atomic E-state index is -1.11. The summed E-state index contributed by atoms with van der Waals surface area (Å²) >= 11 is 0. The molecule has 0 bridgehead atoms. The van der Waals surface area contributed by atoms with E-state index >= 15 is 0 Å². The number of carboxylic acids is 1. The number of rotatable bonds is 5. The second-order valence-corrected chi connectivity index (χ2v) is 5.52. The van der Waals surface area contributed by atoms with E-state index in [0.29, 0.717) is 12.3 Å². The lowest BCUT2D eigenvalue weighted by Crippen LogP contribution is -2.28. The van der Waals surface area contributed by atoms with Crippen LogP contribution in [0.5, 0.6) is 0 Å². The zero-order valence-corrected chi connectivity index (χ0v) is 15.4. The fourth-order valence-electron chi connectivity index (χ4n) is 2.43. The highest BCUT2D eigenvalue weighted by molar-refractivity contribution is 5.94. The van der Waals surface area contributed by atoms with Gasteiger partial charge >= 0.3 is 5.97 Å². The molecule has 1 aliphatic heterocycles. The summed E-state index contributed by atoms with van der Waals surface area (Å²) in [7, 11) is 0.